The SMILES string of the molecule is CCOC(=O)Cc1ccc(N2C(=O)c3c(c(OCC)c4ccccc4c3O)C2=O)cc1F. The molecule has 0 aromatic heterocycles. The minimum absolute atomic E-state index is 0.0211. The smallest absolute Gasteiger partial charge is 0.310 e. The van der Waals surface area contributed by atoms with Gasteiger partial charge in [-0.15, -0.1) is 0 Å². The lowest BCUT2D eigenvalue weighted by Gasteiger charge is -2.15. The van der Waals surface area contributed by atoms with E-state index in [0.717, 1.165) is 11.0 Å². The summed E-state index contributed by atoms with van der Waals surface area (Å²) in [5, 5.41) is 11.6. The Morgan fingerprint density at radius 1 is 1.00 bits per heavy atom. The summed E-state index contributed by atoms with van der Waals surface area (Å²) in [6.45, 7) is 3.80. The number of rotatable bonds is 6. The zero-order chi connectivity index (χ0) is 23.0. The quantitative estimate of drug-likeness (QED) is 0.463. The summed E-state index contributed by atoms with van der Waals surface area (Å²) in [7, 11) is 0. The molecule has 1 N–H and O–H groups in total. The van der Waals surface area contributed by atoms with Crippen molar-refractivity contribution >= 4 is 34.2 Å². The number of phenols is 1. The molecule has 0 aliphatic carbocycles. The standard InChI is InChI=1S/C24H20FNO6/c1-3-31-18(27)11-13-9-10-14(12-17(13)25)26-23(29)19-20(24(26)30)22(32-4-2)16-8-6-5-7-15(16)21(19)28/h5-10,12,28H,3-4,11H2,1-2H3. The van der Waals surface area contributed by atoms with Gasteiger partial charge in [0.2, 0.25) is 0 Å². The van der Waals surface area contributed by atoms with E-state index in [1.807, 2.05) is 0 Å². The maximum Gasteiger partial charge on any atom is 0.310 e. The molecule has 164 valence electrons. The Kier molecular flexibility index (Phi) is 5.52. The van der Waals surface area contributed by atoms with E-state index < -0.39 is 23.6 Å². The Morgan fingerprint density at radius 3 is 2.34 bits per heavy atom. The zero-order valence-electron chi connectivity index (χ0n) is 17.5. The zero-order valence-corrected chi connectivity index (χ0v) is 17.5. The van der Waals surface area contributed by atoms with Crippen molar-refractivity contribution in [2.45, 2.75) is 20.3 Å². The first-order valence-corrected chi connectivity index (χ1v) is 10.1. The average Bonchev–Trinajstić information content (AvgIpc) is 3.03. The van der Waals surface area contributed by atoms with Crippen LogP contribution in [0.25, 0.3) is 10.8 Å². The van der Waals surface area contributed by atoms with Crippen LogP contribution in [-0.4, -0.2) is 36.1 Å². The maximum absolute atomic E-state index is 14.7. The van der Waals surface area contributed by atoms with Crippen LogP contribution in [0.2, 0.25) is 0 Å². The van der Waals surface area contributed by atoms with Crippen LogP contribution in [0.5, 0.6) is 11.5 Å². The Hall–Kier alpha value is -3.94. The molecule has 32 heavy (non-hydrogen) atoms. The van der Waals surface area contributed by atoms with E-state index in [4.69, 9.17) is 9.47 Å². The molecule has 7 nitrogen and oxygen atoms in total. The molecular formula is C24H20FNO6. The Bertz CT molecular complexity index is 1270. The van der Waals surface area contributed by atoms with Gasteiger partial charge in [0.05, 0.1) is 36.4 Å². The molecule has 0 atom stereocenters. The van der Waals surface area contributed by atoms with Crippen molar-refractivity contribution in [1.82, 2.24) is 0 Å². The van der Waals surface area contributed by atoms with Crippen molar-refractivity contribution in [3.63, 3.8) is 0 Å². The summed E-state index contributed by atoms with van der Waals surface area (Å²) < 4.78 is 25.2. The first-order chi connectivity index (χ1) is 15.4. The van der Waals surface area contributed by atoms with Gasteiger partial charge in [-0.1, -0.05) is 30.3 Å². The number of imide groups is 1. The highest BCUT2D eigenvalue weighted by molar-refractivity contribution is 6.38. The number of benzene rings is 3. The van der Waals surface area contributed by atoms with E-state index in [2.05, 4.69) is 0 Å². The molecule has 2 amide bonds. The third kappa shape index (κ3) is 3.33. The third-order valence-electron chi connectivity index (χ3n) is 5.20. The summed E-state index contributed by atoms with van der Waals surface area (Å²) >= 11 is 0. The largest absolute Gasteiger partial charge is 0.506 e. The fourth-order valence-electron chi connectivity index (χ4n) is 3.83. The number of anilines is 1. The monoisotopic (exact) mass is 437 g/mol. The predicted molar refractivity (Wildman–Crippen MR) is 115 cm³/mol. The van der Waals surface area contributed by atoms with Crippen molar-refractivity contribution in [3.8, 4) is 11.5 Å². The van der Waals surface area contributed by atoms with Gasteiger partial charge in [-0.05, 0) is 31.5 Å². The van der Waals surface area contributed by atoms with Gasteiger partial charge < -0.3 is 14.6 Å². The lowest BCUT2D eigenvalue weighted by atomic mass is 9.99. The van der Waals surface area contributed by atoms with Gasteiger partial charge in [-0.25, -0.2) is 9.29 Å². The lowest BCUT2D eigenvalue weighted by molar-refractivity contribution is -0.142. The molecular weight excluding hydrogens is 417 g/mol. The third-order valence-corrected chi connectivity index (χ3v) is 5.20. The van der Waals surface area contributed by atoms with Gasteiger partial charge in [0, 0.05) is 10.8 Å². The van der Waals surface area contributed by atoms with Crippen LogP contribution < -0.4 is 9.64 Å². The number of ether oxygens (including phenoxy) is 2. The van der Waals surface area contributed by atoms with Gasteiger partial charge in [-0.2, -0.15) is 0 Å². The van der Waals surface area contributed by atoms with Gasteiger partial charge >= 0.3 is 5.97 Å². The summed E-state index contributed by atoms with van der Waals surface area (Å²) in [4.78, 5) is 38.9. The van der Waals surface area contributed by atoms with Gasteiger partial charge in [0.25, 0.3) is 11.8 Å². The number of carbonyl (C=O) groups is 3. The van der Waals surface area contributed by atoms with Crippen LogP contribution in [0, 0.1) is 5.82 Å². The number of hydrogen-bond donors (Lipinski definition) is 1. The highest BCUT2D eigenvalue weighted by Gasteiger charge is 2.43. The summed E-state index contributed by atoms with van der Waals surface area (Å²) in [6, 6.07) is 10.4. The van der Waals surface area contributed by atoms with Crippen molar-refractivity contribution in [1.29, 1.82) is 0 Å². The summed E-state index contributed by atoms with van der Waals surface area (Å²) in [6.07, 6.45) is -0.275. The van der Waals surface area contributed by atoms with Crippen molar-refractivity contribution < 1.29 is 33.4 Å². The first kappa shape index (κ1) is 21.3. The molecule has 1 aliphatic rings. The second-order valence-electron chi connectivity index (χ2n) is 7.11. The molecule has 3 aromatic carbocycles. The van der Waals surface area contributed by atoms with Crippen molar-refractivity contribution in [2.75, 3.05) is 18.1 Å². The molecule has 0 spiro atoms. The van der Waals surface area contributed by atoms with Crippen LogP contribution in [0.4, 0.5) is 10.1 Å². The number of carbonyl (C=O) groups excluding carboxylic acids is 3. The number of amides is 2. The molecule has 0 unspecified atom stereocenters. The van der Waals surface area contributed by atoms with Crippen LogP contribution in [0.3, 0.4) is 0 Å². The lowest BCUT2D eigenvalue weighted by Crippen LogP contribution is -2.29. The van der Waals surface area contributed by atoms with E-state index in [9.17, 15) is 23.9 Å². The highest BCUT2D eigenvalue weighted by atomic mass is 19.1. The Labute approximate surface area is 183 Å². The summed E-state index contributed by atoms with van der Waals surface area (Å²) in [5.74, 6) is -3.00. The molecule has 0 bridgehead atoms. The predicted octanol–water partition coefficient (Wildman–Crippen LogP) is 3.99. The van der Waals surface area contributed by atoms with E-state index in [1.54, 1.807) is 38.1 Å². The molecule has 0 fully saturated rings. The molecule has 0 saturated heterocycles. The number of hydrogen-bond acceptors (Lipinski definition) is 6. The van der Waals surface area contributed by atoms with Crippen LogP contribution in [0.1, 0.15) is 40.1 Å². The number of nitrogens with zero attached hydrogens (tertiary/aromatic N) is 1. The number of fused-ring (bicyclic) bond motifs is 2. The van der Waals surface area contributed by atoms with Crippen LogP contribution >= 0.6 is 0 Å². The molecule has 4 rings (SSSR count). The van der Waals surface area contributed by atoms with Gasteiger partial charge in [0.15, 0.2) is 0 Å². The second-order valence-corrected chi connectivity index (χ2v) is 7.11. The van der Waals surface area contributed by atoms with E-state index in [1.165, 1.54) is 12.1 Å². The average molecular weight is 437 g/mol. The maximum atomic E-state index is 14.7. The normalized spacial score (nSPS) is 12.9. The van der Waals surface area contributed by atoms with E-state index in [-0.39, 0.29) is 53.5 Å². The molecule has 1 heterocycles. The number of esters is 1. The van der Waals surface area contributed by atoms with Crippen molar-refractivity contribution in [2.24, 2.45) is 0 Å². The molecule has 8 heteroatoms. The summed E-state index contributed by atoms with van der Waals surface area (Å²) in [5.41, 5.74) is -0.197. The minimum atomic E-state index is -0.785. The molecule has 3 aromatic rings. The van der Waals surface area contributed by atoms with Crippen LogP contribution in [-0.2, 0) is 16.0 Å². The van der Waals surface area contributed by atoms with Gasteiger partial charge in [0.1, 0.15) is 17.3 Å². The first-order valence-electron chi connectivity index (χ1n) is 10.1. The fraction of sp³-hybridized carbons (Fsp3) is 0.208. The molecule has 0 radical (unpaired) electrons. The number of phenolic OH excluding ortho intramolecular Hbond substituents is 1. The Balaban J connectivity index is 1.80. The fourth-order valence-corrected chi connectivity index (χ4v) is 3.83. The van der Waals surface area contributed by atoms with Crippen LogP contribution in [0.15, 0.2) is 42.5 Å². The Morgan fingerprint density at radius 2 is 1.69 bits per heavy atom. The number of halogens is 1. The van der Waals surface area contributed by atoms with Crippen molar-refractivity contribution in [3.05, 3.63) is 65.0 Å². The van der Waals surface area contributed by atoms with Gasteiger partial charge in [-0.3, -0.25) is 14.4 Å². The van der Waals surface area contributed by atoms with E-state index >= 15 is 0 Å². The molecule has 0 saturated carbocycles. The second kappa shape index (κ2) is 8.30. The highest BCUT2D eigenvalue weighted by Crippen LogP contribution is 2.45. The topological polar surface area (TPSA) is 93.1 Å². The molecule has 1 aliphatic heterocycles. The number of aromatic hydroxyl groups is 1. The minimum Gasteiger partial charge on any atom is -0.506 e. The van der Waals surface area contributed by atoms with E-state index in [0.29, 0.717) is 10.8 Å².